The van der Waals surface area contributed by atoms with Crippen LogP contribution in [0.1, 0.15) is 63.1 Å². The van der Waals surface area contributed by atoms with Gasteiger partial charge in [-0.2, -0.15) is 0 Å². The Balaban J connectivity index is 1.47. The van der Waals surface area contributed by atoms with E-state index < -0.39 is 53.5 Å². The van der Waals surface area contributed by atoms with E-state index in [9.17, 15) is 29.7 Å². The quantitative estimate of drug-likeness (QED) is 0.127. The summed E-state index contributed by atoms with van der Waals surface area (Å²) in [5.74, 6) is -0.433. The summed E-state index contributed by atoms with van der Waals surface area (Å²) in [6, 6.07) is 26.7. The van der Waals surface area contributed by atoms with Gasteiger partial charge in [0.15, 0.2) is 0 Å². The van der Waals surface area contributed by atoms with E-state index in [1.807, 2.05) is 91.0 Å². The fourth-order valence-electron chi connectivity index (χ4n) is 6.48. The number of aliphatic hydroxyl groups excluding tert-OH is 2. The predicted octanol–water partition coefficient (Wildman–Crippen LogP) is 4.65. The first-order chi connectivity index (χ1) is 23.9. The monoisotopic (exact) mass is 688 g/mol. The average Bonchev–Trinajstić information content (AvgIpc) is 3.58. The Bertz CT molecular complexity index is 1500. The summed E-state index contributed by atoms with van der Waals surface area (Å²) >= 11 is 0. The number of nitrogens with one attached hydrogen (secondary N) is 3. The van der Waals surface area contributed by atoms with Gasteiger partial charge in [-0.25, -0.2) is 9.59 Å². The van der Waals surface area contributed by atoms with Crippen LogP contribution >= 0.6 is 0 Å². The number of nitrogens with zero attached hydrogens (tertiary/aromatic N) is 1. The zero-order valence-corrected chi connectivity index (χ0v) is 29.3. The topological polar surface area (TPSA) is 160 Å². The molecular formula is C39H52N4O7. The summed E-state index contributed by atoms with van der Waals surface area (Å²) in [6.45, 7) is 5.40. The molecule has 3 aromatic rings. The summed E-state index contributed by atoms with van der Waals surface area (Å²) in [7, 11) is 0. The molecule has 0 bridgehead atoms. The number of carbonyl (C=O) groups is 3. The fraction of sp³-hybridized carbons (Fsp3) is 0.462. The van der Waals surface area contributed by atoms with Crippen molar-refractivity contribution in [2.75, 3.05) is 13.1 Å². The molecule has 4 atom stereocenters. The number of ether oxygens (including phenoxy) is 1. The molecule has 0 heterocycles. The van der Waals surface area contributed by atoms with Crippen molar-refractivity contribution in [1.82, 2.24) is 20.9 Å². The molecule has 11 heteroatoms. The number of carboxylic acid groups (broad SMARTS) is 1. The smallest absolute Gasteiger partial charge is 0.408 e. The van der Waals surface area contributed by atoms with Crippen LogP contribution in [0.25, 0.3) is 0 Å². The van der Waals surface area contributed by atoms with Crippen molar-refractivity contribution in [1.29, 1.82) is 0 Å². The van der Waals surface area contributed by atoms with Crippen LogP contribution in [0.3, 0.4) is 0 Å². The lowest BCUT2D eigenvalue weighted by Gasteiger charge is -2.39. The highest BCUT2D eigenvalue weighted by Crippen LogP contribution is 2.37. The molecule has 0 radical (unpaired) electrons. The van der Waals surface area contributed by atoms with Gasteiger partial charge in [0.2, 0.25) is 5.91 Å². The van der Waals surface area contributed by atoms with Gasteiger partial charge in [0.25, 0.3) is 0 Å². The molecule has 50 heavy (non-hydrogen) atoms. The zero-order chi connectivity index (χ0) is 36.1. The minimum absolute atomic E-state index is 0.0129. The molecule has 0 unspecified atom stereocenters. The lowest BCUT2D eigenvalue weighted by molar-refractivity contribution is -0.134. The average molecular weight is 689 g/mol. The first-order valence-corrected chi connectivity index (χ1v) is 17.4. The number of amides is 3. The normalized spacial score (nSPS) is 16.4. The van der Waals surface area contributed by atoms with Crippen LogP contribution in [0.4, 0.5) is 9.59 Å². The number of hydrogen-bond donors (Lipinski definition) is 6. The van der Waals surface area contributed by atoms with Gasteiger partial charge in [-0.3, -0.25) is 9.69 Å². The van der Waals surface area contributed by atoms with E-state index in [0.29, 0.717) is 38.5 Å². The SMILES string of the molecule is CC(C)(C)OC(=O)N[C@@H](Cc1ccccc1)[C@H](O)CNC[C@@H](O)[C@H](Cc1ccccc1)NC(=O)C1(N(Cc2ccccc2)C(=O)O)CCCC1. The van der Waals surface area contributed by atoms with Crippen molar-refractivity contribution in [2.45, 2.75) is 101 Å². The van der Waals surface area contributed by atoms with Gasteiger partial charge >= 0.3 is 12.2 Å². The van der Waals surface area contributed by atoms with Crippen LogP contribution in [0.2, 0.25) is 0 Å². The number of carbonyl (C=O) groups excluding carboxylic acids is 2. The Hall–Kier alpha value is -4.45. The van der Waals surface area contributed by atoms with Crippen molar-refractivity contribution in [3.05, 3.63) is 108 Å². The molecule has 1 aliphatic carbocycles. The van der Waals surface area contributed by atoms with E-state index in [-0.39, 0.29) is 19.6 Å². The van der Waals surface area contributed by atoms with Gasteiger partial charge < -0.3 is 36.0 Å². The van der Waals surface area contributed by atoms with Crippen LogP contribution in [-0.2, 0) is 28.9 Å². The Morgan fingerprint density at radius 2 is 1.18 bits per heavy atom. The van der Waals surface area contributed by atoms with Gasteiger partial charge in [0.1, 0.15) is 11.1 Å². The molecule has 270 valence electrons. The van der Waals surface area contributed by atoms with Crippen molar-refractivity contribution < 1.29 is 34.4 Å². The third-order valence-corrected chi connectivity index (χ3v) is 9.04. The lowest BCUT2D eigenvalue weighted by Crippen LogP contribution is -2.62. The molecule has 3 aromatic carbocycles. The molecular weight excluding hydrogens is 636 g/mol. The summed E-state index contributed by atoms with van der Waals surface area (Å²) in [5.41, 5.74) is 0.595. The Kier molecular flexibility index (Phi) is 13.8. The second-order valence-corrected chi connectivity index (χ2v) is 14.1. The number of benzene rings is 3. The number of rotatable bonds is 16. The largest absolute Gasteiger partial charge is 0.465 e. The molecule has 11 nitrogen and oxygen atoms in total. The highest BCUT2D eigenvalue weighted by molar-refractivity contribution is 5.90. The first kappa shape index (κ1) is 38.4. The maximum Gasteiger partial charge on any atom is 0.408 e. The molecule has 1 saturated carbocycles. The summed E-state index contributed by atoms with van der Waals surface area (Å²) in [4.78, 5) is 40.8. The third-order valence-electron chi connectivity index (χ3n) is 9.04. The van der Waals surface area contributed by atoms with Crippen molar-refractivity contribution in [3.63, 3.8) is 0 Å². The standard InChI is InChI=1S/C39H52N4O7/c1-38(2,3)50-36(47)42-32(24-29-17-9-5-10-18-29)34(45)26-40-25-33(44)31(23-28-15-7-4-8-16-28)41-35(46)39(21-13-14-22-39)43(37(48)49)27-30-19-11-6-12-20-30/h4-12,15-20,31-34,40,44-45H,13-14,21-27H2,1-3H3,(H,41,46)(H,42,47)(H,48,49)/t31-,32-,33+,34+/m0/s1. The molecule has 6 N–H and O–H groups in total. The van der Waals surface area contributed by atoms with E-state index >= 15 is 0 Å². The van der Waals surface area contributed by atoms with Crippen LogP contribution in [0.5, 0.6) is 0 Å². The number of aliphatic hydroxyl groups is 2. The molecule has 0 aliphatic heterocycles. The van der Waals surface area contributed by atoms with Gasteiger partial charge in [-0.1, -0.05) is 104 Å². The van der Waals surface area contributed by atoms with Crippen LogP contribution in [0, 0.1) is 0 Å². The molecule has 4 rings (SSSR count). The van der Waals surface area contributed by atoms with Crippen molar-refractivity contribution in [2.24, 2.45) is 0 Å². The van der Waals surface area contributed by atoms with E-state index in [4.69, 9.17) is 4.74 Å². The second-order valence-electron chi connectivity index (χ2n) is 14.1. The van der Waals surface area contributed by atoms with Crippen molar-refractivity contribution >= 4 is 18.1 Å². The summed E-state index contributed by atoms with van der Waals surface area (Å²) < 4.78 is 5.44. The van der Waals surface area contributed by atoms with Gasteiger partial charge in [0.05, 0.1) is 30.8 Å². The first-order valence-electron chi connectivity index (χ1n) is 17.4. The molecule has 3 amide bonds. The van der Waals surface area contributed by atoms with Gasteiger partial charge in [0, 0.05) is 13.1 Å². The van der Waals surface area contributed by atoms with E-state index in [2.05, 4.69) is 16.0 Å². The fourth-order valence-corrected chi connectivity index (χ4v) is 6.48. The van der Waals surface area contributed by atoms with Crippen LogP contribution in [0.15, 0.2) is 91.0 Å². The van der Waals surface area contributed by atoms with Gasteiger partial charge in [-0.15, -0.1) is 0 Å². The minimum atomic E-state index is -1.28. The third kappa shape index (κ3) is 11.3. The Morgan fingerprint density at radius 1 is 0.740 bits per heavy atom. The Morgan fingerprint density at radius 3 is 1.62 bits per heavy atom. The van der Waals surface area contributed by atoms with E-state index in [0.717, 1.165) is 16.7 Å². The van der Waals surface area contributed by atoms with Crippen LogP contribution < -0.4 is 16.0 Å². The zero-order valence-electron chi connectivity index (χ0n) is 29.3. The van der Waals surface area contributed by atoms with E-state index in [1.54, 1.807) is 20.8 Å². The number of hydrogen-bond acceptors (Lipinski definition) is 7. The maximum absolute atomic E-state index is 14.2. The predicted molar refractivity (Wildman–Crippen MR) is 191 cm³/mol. The lowest BCUT2D eigenvalue weighted by atomic mass is 9.91. The molecule has 0 spiro atoms. The highest BCUT2D eigenvalue weighted by Gasteiger charge is 2.49. The summed E-state index contributed by atoms with van der Waals surface area (Å²) in [5, 5.41) is 42.0. The highest BCUT2D eigenvalue weighted by atomic mass is 16.6. The molecule has 0 saturated heterocycles. The number of alkyl carbamates (subject to hydrolysis) is 1. The minimum Gasteiger partial charge on any atom is -0.465 e. The molecule has 1 aliphatic rings. The molecule has 0 aromatic heterocycles. The van der Waals surface area contributed by atoms with Crippen molar-refractivity contribution in [3.8, 4) is 0 Å². The second kappa shape index (κ2) is 18.0. The van der Waals surface area contributed by atoms with Gasteiger partial charge in [-0.05, 0) is 63.1 Å². The molecule has 1 fully saturated rings. The van der Waals surface area contributed by atoms with E-state index in [1.165, 1.54) is 4.90 Å². The Labute approximate surface area is 295 Å². The van der Waals surface area contributed by atoms with Crippen LogP contribution in [-0.4, -0.2) is 86.8 Å². The summed E-state index contributed by atoms with van der Waals surface area (Å²) in [6.07, 6.45) is -1.13. The maximum atomic E-state index is 14.2.